The molecule has 2 nitrogen and oxygen atoms in total. The maximum atomic E-state index is 3.85. The van der Waals surface area contributed by atoms with Gasteiger partial charge in [-0.1, -0.05) is 29.3 Å². The van der Waals surface area contributed by atoms with E-state index in [1.54, 1.807) is 0 Å². The van der Waals surface area contributed by atoms with Crippen LogP contribution in [0.2, 0.25) is 0 Å². The molecule has 1 N–H and O–H groups in total. The molecule has 3 aliphatic rings. The molecule has 2 heteroatoms. The summed E-state index contributed by atoms with van der Waals surface area (Å²) in [5.74, 6) is 1.93. The van der Waals surface area contributed by atoms with Crippen molar-refractivity contribution in [3.8, 4) is 0 Å². The van der Waals surface area contributed by atoms with Crippen LogP contribution in [0.1, 0.15) is 42.4 Å². The second kappa shape index (κ2) is 5.40. The molecule has 0 amide bonds. The summed E-state index contributed by atoms with van der Waals surface area (Å²) in [6, 6.07) is 8.58. The zero-order chi connectivity index (χ0) is 14.4. The van der Waals surface area contributed by atoms with Gasteiger partial charge in [0.05, 0.1) is 0 Å². The smallest absolute Gasteiger partial charge is 0.0253 e. The van der Waals surface area contributed by atoms with Crippen LogP contribution in [0.25, 0.3) is 0 Å². The first-order valence-electron chi connectivity index (χ1n) is 8.73. The van der Waals surface area contributed by atoms with E-state index in [9.17, 15) is 0 Å². The van der Waals surface area contributed by atoms with E-state index in [2.05, 4.69) is 42.3 Å². The Bertz CT molecular complexity index is 496. The molecule has 0 spiro atoms. The normalized spacial score (nSPS) is 30.6. The average Bonchev–Trinajstić information content (AvgIpc) is 3.30. The van der Waals surface area contributed by atoms with Crippen LogP contribution in [-0.4, -0.2) is 30.1 Å². The zero-order valence-electron chi connectivity index (χ0n) is 13.4. The molecule has 0 aromatic heterocycles. The van der Waals surface area contributed by atoms with Crippen LogP contribution >= 0.6 is 0 Å². The van der Waals surface area contributed by atoms with Crippen molar-refractivity contribution in [1.82, 2.24) is 10.2 Å². The van der Waals surface area contributed by atoms with E-state index in [1.165, 1.54) is 55.5 Å². The number of nitrogens with zero attached hydrogens (tertiary/aromatic N) is 1. The second-order valence-electron chi connectivity index (χ2n) is 7.68. The molecule has 2 aliphatic carbocycles. The van der Waals surface area contributed by atoms with Crippen molar-refractivity contribution in [3.63, 3.8) is 0 Å². The van der Waals surface area contributed by atoms with Crippen LogP contribution in [0.3, 0.4) is 0 Å². The molecule has 1 aromatic rings. The van der Waals surface area contributed by atoms with Gasteiger partial charge in [-0.25, -0.2) is 0 Å². The molecule has 1 aromatic carbocycles. The van der Waals surface area contributed by atoms with Gasteiger partial charge in [-0.05, 0) is 56.9 Å². The van der Waals surface area contributed by atoms with Crippen molar-refractivity contribution in [1.29, 1.82) is 0 Å². The summed E-state index contributed by atoms with van der Waals surface area (Å²) in [5, 5.41) is 3.85. The highest BCUT2D eigenvalue weighted by Crippen LogP contribution is 2.40. The van der Waals surface area contributed by atoms with Gasteiger partial charge in [0.2, 0.25) is 0 Å². The average molecular weight is 284 g/mol. The van der Waals surface area contributed by atoms with Crippen molar-refractivity contribution in [2.24, 2.45) is 11.8 Å². The minimum Gasteiger partial charge on any atom is -0.311 e. The van der Waals surface area contributed by atoms with Crippen LogP contribution in [0.5, 0.6) is 0 Å². The van der Waals surface area contributed by atoms with Gasteiger partial charge >= 0.3 is 0 Å². The molecule has 1 saturated heterocycles. The Morgan fingerprint density at radius 1 is 1.00 bits per heavy atom. The minimum absolute atomic E-state index is 0.755. The summed E-state index contributed by atoms with van der Waals surface area (Å²) in [7, 11) is 0. The van der Waals surface area contributed by atoms with Crippen molar-refractivity contribution >= 4 is 0 Å². The standard InChI is InChI=1S/C19H28N2/c1-13-7-14(2)9-15(8-13)11-21-12-18(16-3-4-16)20-10-19(21)17-5-6-17/h7-9,16-20H,3-6,10-12H2,1-2H3. The summed E-state index contributed by atoms with van der Waals surface area (Å²) in [6.07, 6.45) is 5.79. The van der Waals surface area contributed by atoms with Crippen LogP contribution in [0, 0.1) is 25.7 Å². The number of hydrogen-bond acceptors (Lipinski definition) is 2. The lowest BCUT2D eigenvalue weighted by Crippen LogP contribution is -2.57. The second-order valence-corrected chi connectivity index (χ2v) is 7.68. The Balaban J connectivity index is 1.50. The third kappa shape index (κ3) is 3.17. The molecule has 114 valence electrons. The van der Waals surface area contributed by atoms with E-state index in [1.807, 2.05) is 0 Å². The van der Waals surface area contributed by atoms with Gasteiger partial charge in [-0.3, -0.25) is 4.90 Å². The van der Waals surface area contributed by atoms with Gasteiger partial charge in [0.15, 0.2) is 0 Å². The SMILES string of the molecule is Cc1cc(C)cc(CN2CC(C3CC3)NCC2C2CC2)c1. The lowest BCUT2D eigenvalue weighted by atomic mass is 10.00. The Hall–Kier alpha value is -0.860. The highest BCUT2D eigenvalue weighted by Gasteiger charge is 2.42. The number of hydrogen-bond donors (Lipinski definition) is 1. The van der Waals surface area contributed by atoms with Crippen LogP contribution in [-0.2, 0) is 6.54 Å². The topological polar surface area (TPSA) is 15.3 Å². The largest absolute Gasteiger partial charge is 0.311 e. The maximum Gasteiger partial charge on any atom is 0.0253 e. The molecular formula is C19H28N2. The lowest BCUT2D eigenvalue weighted by molar-refractivity contribution is 0.100. The van der Waals surface area contributed by atoms with E-state index in [-0.39, 0.29) is 0 Å². The predicted molar refractivity (Wildman–Crippen MR) is 87.4 cm³/mol. The van der Waals surface area contributed by atoms with Crippen molar-refractivity contribution in [2.45, 2.75) is 58.2 Å². The first kappa shape index (κ1) is 13.8. The highest BCUT2D eigenvalue weighted by molar-refractivity contribution is 5.28. The quantitative estimate of drug-likeness (QED) is 0.913. The first-order valence-corrected chi connectivity index (χ1v) is 8.73. The Morgan fingerprint density at radius 3 is 2.29 bits per heavy atom. The number of piperazine rings is 1. The number of nitrogens with one attached hydrogen (secondary N) is 1. The van der Waals surface area contributed by atoms with Gasteiger partial charge in [-0.15, -0.1) is 0 Å². The minimum atomic E-state index is 0.755. The van der Waals surface area contributed by atoms with Gasteiger partial charge in [0.25, 0.3) is 0 Å². The van der Waals surface area contributed by atoms with Crippen LogP contribution in [0.15, 0.2) is 18.2 Å². The third-order valence-electron chi connectivity index (χ3n) is 5.51. The van der Waals surface area contributed by atoms with E-state index < -0.39 is 0 Å². The van der Waals surface area contributed by atoms with Gasteiger partial charge in [0.1, 0.15) is 0 Å². The molecule has 1 heterocycles. The fourth-order valence-corrected chi connectivity index (χ4v) is 4.19. The van der Waals surface area contributed by atoms with E-state index in [0.717, 1.165) is 30.5 Å². The Kier molecular flexibility index (Phi) is 3.55. The fourth-order valence-electron chi connectivity index (χ4n) is 4.19. The van der Waals surface area contributed by atoms with Gasteiger partial charge in [-0.2, -0.15) is 0 Å². The molecule has 4 rings (SSSR count). The monoisotopic (exact) mass is 284 g/mol. The first-order chi connectivity index (χ1) is 10.2. The summed E-state index contributed by atoms with van der Waals surface area (Å²) < 4.78 is 0. The molecule has 1 aliphatic heterocycles. The summed E-state index contributed by atoms with van der Waals surface area (Å²) in [5.41, 5.74) is 4.32. The molecule has 0 radical (unpaired) electrons. The van der Waals surface area contributed by atoms with Crippen LogP contribution in [0.4, 0.5) is 0 Å². The van der Waals surface area contributed by atoms with Crippen LogP contribution < -0.4 is 5.32 Å². The molecule has 2 unspecified atom stereocenters. The summed E-state index contributed by atoms with van der Waals surface area (Å²) in [4.78, 5) is 2.80. The predicted octanol–water partition coefficient (Wildman–Crippen LogP) is 3.27. The molecule has 2 atom stereocenters. The van der Waals surface area contributed by atoms with E-state index in [0.29, 0.717) is 0 Å². The molecule has 0 bridgehead atoms. The van der Waals surface area contributed by atoms with Crippen molar-refractivity contribution in [2.75, 3.05) is 13.1 Å². The third-order valence-corrected chi connectivity index (χ3v) is 5.51. The lowest BCUT2D eigenvalue weighted by Gasteiger charge is -2.41. The fraction of sp³-hybridized carbons (Fsp3) is 0.684. The maximum absolute atomic E-state index is 3.85. The summed E-state index contributed by atoms with van der Waals surface area (Å²) >= 11 is 0. The van der Waals surface area contributed by atoms with Crippen molar-refractivity contribution < 1.29 is 0 Å². The molecular weight excluding hydrogens is 256 g/mol. The Morgan fingerprint density at radius 2 is 1.67 bits per heavy atom. The number of rotatable bonds is 4. The Labute approximate surface area is 128 Å². The van der Waals surface area contributed by atoms with Crippen molar-refractivity contribution in [3.05, 3.63) is 34.9 Å². The molecule has 2 saturated carbocycles. The number of benzene rings is 1. The van der Waals surface area contributed by atoms with Gasteiger partial charge in [0, 0.05) is 31.7 Å². The van der Waals surface area contributed by atoms with E-state index in [4.69, 9.17) is 0 Å². The zero-order valence-corrected chi connectivity index (χ0v) is 13.4. The summed E-state index contributed by atoms with van der Waals surface area (Å²) in [6.45, 7) is 8.07. The molecule has 3 fully saturated rings. The van der Waals surface area contributed by atoms with Gasteiger partial charge < -0.3 is 5.32 Å². The number of aryl methyl sites for hydroxylation is 2. The highest BCUT2D eigenvalue weighted by atomic mass is 15.2. The molecule has 21 heavy (non-hydrogen) atoms. The van der Waals surface area contributed by atoms with E-state index >= 15 is 0 Å².